The second-order valence-electron chi connectivity index (χ2n) is 4.83. The van der Waals surface area contributed by atoms with Crippen LogP contribution >= 0.6 is 0 Å². The Labute approximate surface area is 112 Å². The lowest BCUT2D eigenvalue weighted by Crippen LogP contribution is -2.22. The molecule has 0 spiro atoms. The Morgan fingerprint density at radius 3 is 2.53 bits per heavy atom. The van der Waals surface area contributed by atoms with Crippen molar-refractivity contribution in [2.75, 3.05) is 0 Å². The van der Waals surface area contributed by atoms with Crippen molar-refractivity contribution in [3.63, 3.8) is 0 Å². The lowest BCUT2D eigenvalue weighted by Gasteiger charge is -2.30. The van der Waals surface area contributed by atoms with Crippen LogP contribution in [-0.4, -0.2) is 0 Å². The largest absolute Gasteiger partial charge is 0.211 e. The smallest absolute Gasteiger partial charge is 0.119 e. The summed E-state index contributed by atoms with van der Waals surface area (Å²) in [4.78, 5) is 0. The second kappa shape index (κ2) is 5.40. The number of rotatable bonds is 3. The van der Waals surface area contributed by atoms with E-state index in [-0.39, 0.29) is 12.2 Å². The molecule has 1 aromatic rings. The van der Waals surface area contributed by atoms with Crippen LogP contribution in [0.3, 0.4) is 0 Å². The minimum atomic E-state index is -1.10. The van der Waals surface area contributed by atoms with Crippen LogP contribution < -0.4 is 0 Å². The van der Waals surface area contributed by atoms with Gasteiger partial charge in [-0.2, -0.15) is 0 Å². The Morgan fingerprint density at radius 1 is 1.26 bits per heavy atom. The van der Waals surface area contributed by atoms with Gasteiger partial charge in [0.25, 0.3) is 0 Å². The minimum absolute atomic E-state index is 0.0517. The van der Waals surface area contributed by atoms with E-state index in [1.165, 1.54) is 6.08 Å². The van der Waals surface area contributed by atoms with E-state index in [1.54, 1.807) is 24.3 Å². The van der Waals surface area contributed by atoms with Gasteiger partial charge in [0.2, 0.25) is 0 Å². The van der Waals surface area contributed by atoms with E-state index in [0.717, 1.165) is 6.42 Å². The first-order valence-electron chi connectivity index (χ1n) is 6.42. The molecular weight excluding hydrogens is 242 g/mol. The van der Waals surface area contributed by atoms with Gasteiger partial charge in [0, 0.05) is 12.0 Å². The van der Waals surface area contributed by atoms with E-state index in [0.29, 0.717) is 17.6 Å². The van der Waals surface area contributed by atoms with E-state index < -0.39 is 11.2 Å². The highest BCUT2D eigenvalue weighted by atomic mass is 19.1. The van der Waals surface area contributed by atoms with Crippen LogP contribution in [0, 0.1) is 17.8 Å². The van der Waals surface area contributed by atoms with Crippen LogP contribution in [0.5, 0.6) is 0 Å². The van der Waals surface area contributed by atoms with Gasteiger partial charge in [-0.25, -0.2) is 8.78 Å². The monoisotopic (exact) mass is 258 g/mol. The van der Waals surface area contributed by atoms with Crippen molar-refractivity contribution in [1.29, 1.82) is 0 Å². The zero-order valence-corrected chi connectivity index (χ0v) is 10.9. The van der Waals surface area contributed by atoms with Crippen LogP contribution in [0.4, 0.5) is 8.78 Å². The van der Waals surface area contributed by atoms with Crippen molar-refractivity contribution >= 4 is 5.57 Å². The molecule has 0 saturated heterocycles. The first-order chi connectivity index (χ1) is 9.13. The molecule has 0 bridgehead atoms. The number of hydrogen-bond acceptors (Lipinski definition) is 0. The molecule has 98 valence electrons. The van der Waals surface area contributed by atoms with Crippen molar-refractivity contribution in [2.45, 2.75) is 26.2 Å². The van der Waals surface area contributed by atoms with Crippen molar-refractivity contribution in [2.24, 2.45) is 5.41 Å². The summed E-state index contributed by atoms with van der Waals surface area (Å²) in [5, 5.41) is 0. The fourth-order valence-electron chi connectivity index (χ4n) is 2.47. The number of allylic oxidation sites excluding steroid dienone is 4. The van der Waals surface area contributed by atoms with Crippen molar-refractivity contribution in [1.82, 2.24) is 0 Å². The van der Waals surface area contributed by atoms with Crippen LogP contribution in [0.25, 0.3) is 5.57 Å². The quantitative estimate of drug-likeness (QED) is 0.666. The Kier molecular flexibility index (Phi) is 3.85. The summed E-state index contributed by atoms with van der Waals surface area (Å²) < 4.78 is 28.6. The molecule has 2 rings (SSSR count). The van der Waals surface area contributed by atoms with Gasteiger partial charge in [0.05, 0.1) is 5.41 Å². The van der Waals surface area contributed by atoms with Crippen molar-refractivity contribution in [3.05, 3.63) is 53.6 Å². The zero-order chi connectivity index (χ0) is 13.9. The average molecular weight is 258 g/mol. The van der Waals surface area contributed by atoms with Crippen LogP contribution in [0.1, 0.15) is 31.7 Å². The van der Waals surface area contributed by atoms with Gasteiger partial charge in [0.15, 0.2) is 0 Å². The van der Waals surface area contributed by atoms with Crippen LogP contribution in [0.2, 0.25) is 0 Å². The number of benzene rings is 1. The summed E-state index contributed by atoms with van der Waals surface area (Å²) in [6.45, 7) is 1.92. The molecule has 19 heavy (non-hydrogen) atoms. The van der Waals surface area contributed by atoms with Gasteiger partial charge < -0.3 is 0 Å². The number of terminal acetylenes is 1. The number of hydrogen-bond donors (Lipinski definition) is 0. The summed E-state index contributed by atoms with van der Waals surface area (Å²) in [5.74, 6) is 1.71. The maximum atomic E-state index is 14.3. The van der Waals surface area contributed by atoms with Gasteiger partial charge >= 0.3 is 0 Å². The molecule has 1 aliphatic carbocycles. The molecule has 0 aromatic heterocycles. The molecule has 1 atom stereocenters. The fourth-order valence-corrected chi connectivity index (χ4v) is 2.47. The van der Waals surface area contributed by atoms with Gasteiger partial charge in [-0.1, -0.05) is 49.6 Å². The van der Waals surface area contributed by atoms with E-state index in [2.05, 4.69) is 5.92 Å². The summed E-state index contributed by atoms with van der Waals surface area (Å²) in [6, 6.07) is 8.98. The van der Waals surface area contributed by atoms with Gasteiger partial charge in [-0.05, 0) is 18.1 Å². The fraction of sp³-hybridized carbons (Fsp3) is 0.294. The molecule has 0 radical (unpaired) electrons. The summed E-state index contributed by atoms with van der Waals surface area (Å²) in [7, 11) is 0. The molecule has 0 amide bonds. The molecule has 1 aliphatic rings. The van der Waals surface area contributed by atoms with Crippen LogP contribution in [-0.2, 0) is 0 Å². The summed E-state index contributed by atoms with van der Waals surface area (Å²) in [5.41, 5.74) is -0.116. The summed E-state index contributed by atoms with van der Waals surface area (Å²) >= 11 is 0. The third-order valence-corrected chi connectivity index (χ3v) is 3.52. The highest BCUT2D eigenvalue weighted by Crippen LogP contribution is 2.46. The van der Waals surface area contributed by atoms with E-state index in [1.807, 2.05) is 13.0 Å². The molecule has 0 saturated carbocycles. The Balaban J connectivity index is 2.43. The minimum Gasteiger partial charge on any atom is -0.211 e. The molecular formula is C17H16F2. The maximum absolute atomic E-state index is 14.3. The Morgan fingerprint density at radius 2 is 1.95 bits per heavy atom. The van der Waals surface area contributed by atoms with E-state index in [9.17, 15) is 8.78 Å². The Bertz CT molecular complexity index is 561. The Hall–Kier alpha value is -1.88. The highest BCUT2D eigenvalue weighted by Gasteiger charge is 2.37. The molecule has 0 nitrogen and oxygen atoms in total. The topological polar surface area (TPSA) is 0 Å². The van der Waals surface area contributed by atoms with Gasteiger partial charge in [0.1, 0.15) is 11.7 Å². The second-order valence-corrected chi connectivity index (χ2v) is 4.83. The van der Waals surface area contributed by atoms with E-state index in [4.69, 9.17) is 6.42 Å². The van der Waals surface area contributed by atoms with Crippen molar-refractivity contribution in [3.8, 4) is 12.3 Å². The van der Waals surface area contributed by atoms with E-state index >= 15 is 0 Å². The predicted octanol–water partition coefficient (Wildman–Crippen LogP) is 5.04. The lowest BCUT2D eigenvalue weighted by atomic mass is 9.75. The molecule has 0 N–H and O–H groups in total. The molecule has 1 unspecified atom stereocenters. The summed E-state index contributed by atoms with van der Waals surface area (Å²) in [6.07, 6.45) is 7.82. The zero-order valence-electron chi connectivity index (χ0n) is 10.9. The van der Waals surface area contributed by atoms with Crippen molar-refractivity contribution < 1.29 is 8.78 Å². The number of halogens is 2. The normalized spacial score (nSPS) is 22.9. The highest BCUT2D eigenvalue weighted by molar-refractivity contribution is 5.77. The first kappa shape index (κ1) is 13.5. The average Bonchev–Trinajstić information content (AvgIpc) is 2.43. The molecule has 0 aliphatic heterocycles. The molecule has 2 heteroatoms. The maximum Gasteiger partial charge on any atom is 0.119 e. The third kappa shape index (κ3) is 2.46. The SMILES string of the molecule is C#CC1(CCC)CC(F)=C(c2ccccc2)C=C1F. The predicted molar refractivity (Wildman–Crippen MR) is 74.5 cm³/mol. The first-order valence-corrected chi connectivity index (χ1v) is 6.42. The molecule has 0 heterocycles. The standard InChI is InChI=1S/C17H16F2/c1-3-10-17(4-2)12-15(18)14(11-16(17)19)13-8-6-5-7-9-13/h2,5-9,11H,3,10,12H2,1H3. The van der Waals surface area contributed by atoms with Gasteiger partial charge in [-0.3, -0.25) is 0 Å². The lowest BCUT2D eigenvalue weighted by molar-refractivity contribution is 0.319. The van der Waals surface area contributed by atoms with Gasteiger partial charge in [-0.15, -0.1) is 6.42 Å². The molecule has 0 fully saturated rings. The molecule has 1 aromatic carbocycles. The van der Waals surface area contributed by atoms with Crippen LogP contribution in [0.15, 0.2) is 48.1 Å². The third-order valence-electron chi connectivity index (χ3n) is 3.52.